The van der Waals surface area contributed by atoms with E-state index < -0.39 is 0 Å². The number of carbonyl (C=O) groups is 1. The summed E-state index contributed by atoms with van der Waals surface area (Å²) in [5, 5.41) is 10.1. The first-order valence-corrected chi connectivity index (χ1v) is 6.28. The van der Waals surface area contributed by atoms with Crippen LogP contribution in [0.3, 0.4) is 0 Å². The fraction of sp³-hybridized carbons (Fsp3) is 0. The van der Waals surface area contributed by atoms with E-state index in [1.165, 1.54) is 12.1 Å². The number of ketones is 1. The Morgan fingerprint density at radius 3 is 2.58 bits per heavy atom. The van der Waals surface area contributed by atoms with Crippen LogP contribution in [0.15, 0.2) is 48.5 Å². The number of aromatic hydroxyl groups is 1. The van der Waals surface area contributed by atoms with Crippen molar-refractivity contribution in [2.45, 2.75) is 0 Å². The van der Waals surface area contributed by atoms with Gasteiger partial charge in [0.25, 0.3) is 0 Å². The summed E-state index contributed by atoms with van der Waals surface area (Å²) in [5.41, 5.74) is 1.13. The third-order valence-electron chi connectivity index (χ3n) is 2.49. The minimum atomic E-state index is -0.218. The van der Waals surface area contributed by atoms with Gasteiger partial charge in [0, 0.05) is 10.6 Å². The standard InChI is InChI=1S/C15H10Cl2O2/c16-11-5-6-13(14(17)9-11)15(19)7-4-10-2-1-3-12(18)8-10/h1-9,18H/b7-4+. The lowest BCUT2D eigenvalue weighted by molar-refractivity contribution is 0.104. The molecule has 0 saturated carbocycles. The zero-order valence-corrected chi connectivity index (χ0v) is 11.3. The molecular weight excluding hydrogens is 283 g/mol. The molecule has 0 aliphatic heterocycles. The Hall–Kier alpha value is -1.77. The Balaban J connectivity index is 2.21. The van der Waals surface area contributed by atoms with Gasteiger partial charge < -0.3 is 5.11 Å². The van der Waals surface area contributed by atoms with Crippen molar-refractivity contribution in [1.29, 1.82) is 0 Å². The SMILES string of the molecule is O=C(/C=C/c1cccc(O)c1)c1ccc(Cl)cc1Cl. The first kappa shape index (κ1) is 13.7. The molecule has 0 spiro atoms. The van der Waals surface area contributed by atoms with E-state index in [2.05, 4.69) is 0 Å². The molecule has 19 heavy (non-hydrogen) atoms. The first-order chi connectivity index (χ1) is 9.06. The first-order valence-electron chi connectivity index (χ1n) is 5.53. The molecule has 0 aromatic heterocycles. The highest BCUT2D eigenvalue weighted by atomic mass is 35.5. The monoisotopic (exact) mass is 292 g/mol. The van der Waals surface area contributed by atoms with Gasteiger partial charge in [-0.1, -0.05) is 41.4 Å². The Morgan fingerprint density at radius 1 is 1.11 bits per heavy atom. The molecule has 0 aliphatic rings. The number of phenolic OH excluding ortho intramolecular Hbond substituents is 1. The number of phenols is 1. The maximum atomic E-state index is 12.0. The van der Waals surface area contributed by atoms with Gasteiger partial charge in [0.1, 0.15) is 5.75 Å². The van der Waals surface area contributed by atoms with E-state index >= 15 is 0 Å². The van der Waals surface area contributed by atoms with Gasteiger partial charge in [-0.05, 0) is 42.0 Å². The Labute approximate surface area is 120 Å². The van der Waals surface area contributed by atoms with Crippen molar-refractivity contribution in [1.82, 2.24) is 0 Å². The zero-order valence-electron chi connectivity index (χ0n) is 9.81. The van der Waals surface area contributed by atoms with Gasteiger partial charge in [-0.15, -0.1) is 0 Å². The molecule has 0 atom stereocenters. The van der Waals surface area contributed by atoms with Gasteiger partial charge in [0.2, 0.25) is 0 Å². The van der Waals surface area contributed by atoms with Gasteiger partial charge in [0.15, 0.2) is 5.78 Å². The maximum absolute atomic E-state index is 12.0. The lowest BCUT2D eigenvalue weighted by atomic mass is 10.1. The highest BCUT2D eigenvalue weighted by molar-refractivity contribution is 6.37. The molecule has 4 heteroatoms. The summed E-state index contributed by atoms with van der Waals surface area (Å²) < 4.78 is 0. The molecule has 2 nitrogen and oxygen atoms in total. The molecule has 2 rings (SSSR count). The zero-order chi connectivity index (χ0) is 13.8. The van der Waals surface area contributed by atoms with Crippen LogP contribution < -0.4 is 0 Å². The minimum absolute atomic E-state index is 0.152. The van der Waals surface area contributed by atoms with E-state index in [-0.39, 0.29) is 11.5 Å². The van der Waals surface area contributed by atoms with Crippen molar-refractivity contribution >= 4 is 35.1 Å². The Kier molecular flexibility index (Phi) is 4.25. The Bertz CT molecular complexity index is 648. The molecule has 0 fully saturated rings. The summed E-state index contributed by atoms with van der Waals surface area (Å²) in [6.45, 7) is 0. The van der Waals surface area contributed by atoms with E-state index in [0.29, 0.717) is 15.6 Å². The van der Waals surface area contributed by atoms with Crippen molar-refractivity contribution in [3.8, 4) is 5.75 Å². The predicted molar refractivity (Wildman–Crippen MR) is 77.9 cm³/mol. The van der Waals surface area contributed by atoms with Crippen molar-refractivity contribution in [3.05, 3.63) is 69.7 Å². The molecule has 1 N–H and O–H groups in total. The summed E-state index contributed by atoms with van der Waals surface area (Å²) in [6.07, 6.45) is 3.02. The van der Waals surface area contributed by atoms with Gasteiger partial charge in [-0.3, -0.25) is 4.79 Å². The topological polar surface area (TPSA) is 37.3 Å². The fourth-order valence-electron chi connectivity index (χ4n) is 1.58. The Morgan fingerprint density at radius 2 is 1.89 bits per heavy atom. The van der Waals surface area contributed by atoms with Gasteiger partial charge >= 0.3 is 0 Å². The largest absolute Gasteiger partial charge is 0.508 e. The highest BCUT2D eigenvalue weighted by Crippen LogP contribution is 2.22. The van der Waals surface area contributed by atoms with Gasteiger partial charge in [-0.2, -0.15) is 0 Å². The van der Waals surface area contributed by atoms with Crippen molar-refractivity contribution in [2.75, 3.05) is 0 Å². The van der Waals surface area contributed by atoms with E-state index in [4.69, 9.17) is 23.2 Å². The number of halogens is 2. The van der Waals surface area contributed by atoms with Crippen molar-refractivity contribution in [2.24, 2.45) is 0 Å². The molecule has 0 heterocycles. The van der Waals surface area contributed by atoms with Crippen LogP contribution in [-0.2, 0) is 0 Å². The lowest BCUT2D eigenvalue weighted by Gasteiger charge is -2.00. The second-order valence-electron chi connectivity index (χ2n) is 3.92. The average molecular weight is 293 g/mol. The third kappa shape index (κ3) is 3.60. The summed E-state index contributed by atoms with van der Waals surface area (Å²) in [7, 11) is 0. The van der Waals surface area contributed by atoms with Crippen LogP contribution in [0.1, 0.15) is 15.9 Å². The molecule has 0 radical (unpaired) electrons. The third-order valence-corrected chi connectivity index (χ3v) is 3.04. The van der Waals surface area contributed by atoms with Crippen molar-refractivity contribution < 1.29 is 9.90 Å². The van der Waals surface area contributed by atoms with Crippen LogP contribution in [0.25, 0.3) is 6.08 Å². The molecule has 0 saturated heterocycles. The lowest BCUT2D eigenvalue weighted by Crippen LogP contribution is -1.95. The van der Waals surface area contributed by atoms with Crippen LogP contribution in [0.5, 0.6) is 5.75 Å². The van der Waals surface area contributed by atoms with E-state index in [1.807, 2.05) is 0 Å². The van der Waals surface area contributed by atoms with E-state index in [0.717, 1.165) is 5.56 Å². The predicted octanol–water partition coefficient (Wildman–Crippen LogP) is 4.60. The summed E-state index contributed by atoms with van der Waals surface area (Å²) in [4.78, 5) is 12.0. The highest BCUT2D eigenvalue weighted by Gasteiger charge is 2.07. The van der Waals surface area contributed by atoms with E-state index in [1.54, 1.807) is 42.5 Å². The number of allylic oxidation sites excluding steroid dienone is 1. The van der Waals surface area contributed by atoms with E-state index in [9.17, 15) is 9.90 Å². The molecule has 0 bridgehead atoms. The number of carbonyl (C=O) groups excluding carboxylic acids is 1. The second-order valence-corrected chi connectivity index (χ2v) is 4.76. The average Bonchev–Trinajstić information content (AvgIpc) is 2.36. The molecule has 0 amide bonds. The van der Waals surface area contributed by atoms with Crippen LogP contribution in [0, 0.1) is 0 Å². The minimum Gasteiger partial charge on any atom is -0.508 e. The second kappa shape index (κ2) is 5.91. The number of hydrogen-bond donors (Lipinski definition) is 1. The summed E-state index contributed by atoms with van der Waals surface area (Å²) >= 11 is 11.7. The van der Waals surface area contributed by atoms with Crippen LogP contribution in [0.4, 0.5) is 0 Å². The number of benzene rings is 2. The fourth-order valence-corrected chi connectivity index (χ4v) is 2.08. The molecule has 0 unspecified atom stereocenters. The van der Waals surface area contributed by atoms with Crippen LogP contribution in [0.2, 0.25) is 10.0 Å². The molecule has 96 valence electrons. The van der Waals surface area contributed by atoms with Crippen LogP contribution in [-0.4, -0.2) is 10.9 Å². The van der Waals surface area contributed by atoms with Gasteiger partial charge in [-0.25, -0.2) is 0 Å². The smallest absolute Gasteiger partial charge is 0.187 e. The molecule has 2 aromatic carbocycles. The number of hydrogen-bond acceptors (Lipinski definition) is 2. The van der Waals surface area contributed by atoms with Gasteiger partial charge in [0.05, 0.1) is 5.02 Å². The summed E-state index contributed by atoms with van der Waals surface area (Å²) in [6, 6.07) is 11.3. The molecular formula is C15H10Cl2O2. The molecule has 0 aliphatic carbocycles. The quantitative estimate of drug-likeness (QED) is 0.663. The number of rotatable bonds is 3. The van der Waals surface area contributed by atoms with Crippen molar-refractivity contribution in [3.63, 3.8) is 0 Å². The normalized spacial score (nSPS) is 10.8. The maximum Gasteiger partial charge on any atom is 0.187 e. The molecule has 2 aromatic rings. The summed E-state index contributed by atoms with van der Waals surface area (Å²) in [5.74, 6) is -0.0656. The van der Waals surface area contributed by atoms with Crippen LogP contribution >= 0.6 is 23.2 Å².